The van der Waals surface area contributed by atoms with Gasteiger partial charge in [0, 0.05) is 17.9 Å². The number of rotatable bonds is 6. The number of ether oxygens (including phenoxy) is 2. The normalized spacial score (nSPS) is 25.8. The highest BCUT2D eigenvalue weighted by Gasteiger charge is 2.42. The van der Waals surface area contributed by atoms with E-state index in [4.69, 9.17) is 9.47 Å². The number of hydrogen-bond donors (Lipinski definition) is 4. The second-order valence-electron chi connectivity index (χ2n) is 10.3. The maximum absolute atomic E-state index is 14.6. The van der Waals surface area contributed by atoms with Crippen molar-refractivity contribution in [3.05, 3.63) is 58.9 Å². The molecule has 234 valence electrons. The number of para-hydroxylation sites is 1. The van der Waals surface area contributed by atoms with E-state index in [2.05, 4.69) is 15.6 Å². The average Bonchev–Trinajstić information content (AvgIpc) is 2.97. The van der Waals surface area contributed by atoms with E-state index in [1.165, 1.54) is 31.2 Å². The lowest BCUT2D eigenvalue weighted by Gasteiger charge is -2.34. The van der Waals surface area contributed by atoms with Crippen molar-refractivity contribution in [2.24, 2.45) is 11.8 Å². The van der Waals surface area contributed by atoms with Crippen molar-refractivity contribution >= 4 is 23.8 Å². The van der Waals surface area contributed by atoms with Crippen LogP contribution in [0.15, 0.2) is 24.3 Å². The first-order valence-corrected chi connectivity index (χ1v) is 13.3. The molecule has 1 aromatic heterocycles. The molecular weight excluding hydrogens is 582 g/mol. The summed E-state index contributed by atoms with van der Waals surface area (Å²) in [5, 5.41) is 25.7. The second-order valence-corrected chi connectivity index (χ2v) is 10.3. The van der Waals surface area contributed by atoms with Crippen LogP contribution in [0.1, 0.15) is 50.0 Å². The average molecular weight is 614 g/mol. The van der Waals surface area contributed by atoms with E-state index in [0.29, 0.717) is 6.42 Å². The highest BCUT2D eigenvalue weighted by Crippen LogP contribution is 2.24. The van der Waals surface area contributed by atoms with Gasteiger partial charge in [0.25, 0.3) is 11.9 Å². The number of halogens is 4. The largest absolute Gasteiger partial charge is 0.507 e. The number of cyclic esters (lactones) is 2. The first kappa shape index (κ1) is 33.2. The second kappa shape index (κ2) is 13.8. The number of aromatic nitrogens is 1. The summed E-state index contributed by atoms with van der Waals surface area (Å²) in [5.41, 5.74) is -1.41. The smallest absolute Gasteiger partial charge is 0.348 e. The molecule has 1 aromatic carbocycles. The minimum Gasteiger partial charge on any atom is -0.507 e. The molecule has 1 saturated heterocycles. The Kier molecular flexibility index (Phi) is 10.7. The molecule has 0 radical (unpaired) electrons. The van der Waals surface area contributed by atoms with Gasteiger partial charge in [-0.25, -0.2) is 9.18 Å². The lowest BCUT2D eigenvalue weighted by atomic mass is 9.92. The number of phenolic OH excluding ortho intramolecular Hbond substituents is 1. The van der Waals surface area contributed by atoms with E-state index >= 15 is 0 Å². The summed E-state index contributed by atoms with van der Waals surface area (Å²) in [4.78, 5) is 55.2. The number of aromatic hydroxyl groups is 1. The number of amides is 2. The molecule has 4 N–H and O–H groups in total. The number of benzene rings is 1. The highest BCUT2D eigenvalue weighted by atomic mass is 19.2. The number of aliphatic hydroxyl groups excluding tert-OH is 1. The van der Waals surface area contributed by atoms with Gasteiger partial charge in [-0.1, -0.05) is 26.0 Å². The zero-order valence-electron chi connectivity index (χ0n) is 23.6. The Morgan fingerprint density at radius 2 is 1.70 bits per heavy atom. The molecule has 7 atom stereocenters. The summed E-state index contributed by atoms with van der Waals surface area (Å²) in [6, 6.07) is 1.79. The van der Waals surface area contributed by atoms with Crippen LogP contribution in [-0.4, -0.2) is 69.3 Å². The van der Waals surface area contributed by atoms with Gasteiger partial charge in [0.05, 0.1) is 23.6 Å². The molecular formula is C28H31F4N3O8. The van der Waals surface area contributed by atoms with Gasteiger partial charge >= 0.3 is 11.9 Å². The predicted molar refractivity (Wildman–Crippen MR) is 139 cm³/mol. The first-order chi connectivity index (χ1) is 20.2. The van der Waals surface area contributed by atoms with Crippen molar-refractivity contribution in [1.82, 2.24) is 15.6 Å². The van der Waals surface area contributed by atoms with Crippen LogP contribution < -0.4 is 10.6 Å². The molecule has 2 heterocycles. The Bertz CT molecular complexity index is 1390. The molecule has 15 heteroatoms. The van der Waals surface area contributed by atoms with Crippen LogP contribution in [0.25, 0.3) is 0 Å². The van der Waals surface area contributed by atoms with Gasteiger partial charge in [-0.3, -0.25) is 14.4 Å². The number of pyridine rings is 1. The Morgan fingerprint density at radius 3 is 2.33 bits per heavy atom. The lowest BCUT2D eigenvalue weighted by molar-refractivity contribution is -0.180. The summed E-state index contributed by atoms with van der Waals surface area (Å²) in [6.07, 6.45) is -5.65. The van der Waals surface area contributed by atoms with E-state index < -0.39 is 107 Å². The molecule has 3 rings (SSSR count). The number of phenols is 1. The van der Waals surface area contributed by atoms with Crippen molar-refractivity contribution < 1.29 is 56.4 Å². The fourth-order valence-corrected chi connectivity index (χ4v) is 4.37. The van der Waals surface area contributed by atoms with Gasteiger partial charge in [-0.15, -0.1) is 0 Å². The summed E-state index contributed by atoms with van der Waals surface area (Å²) >= 11 is 0. The first-order valence-electron chi connectivity index (χ1n) is 13.3. The fourth-order valence-electron chi connectivity index (χ4n) is 4.37. The molecule has 7 unspecified atom stereocenters. The number of carbonyl (C=O) groups excluding carboxylic acids is 4. The maximum atomic E-state index is 14.6. The van der Waals surface area contributed by atoms with Crippen LogP contribution in [0, 0.1) is 35.4 Å². The van der Waals surface area contributed by atoms with E-state index in [1.807, 2.05) is 0 Å². The summed E-state index contributed by atoms with van der Waals surface area (Å²) in [5.74, 6) is -14.8. The van der Waals surface area contributed by atoms with Crippen molar-refractivity contribution in [3.8, 4) is 5.75 Å². The monoisotopic (exact) mass is 613 g/mol. The van der Waals surface area contributed by atoms with Crippen LogP contribution >= 0.6 is 0 Å². The molecule has 1 aliphatic heterocycles. The van der Waals surface area contributed by atoms with Crippen LogP contribution in [0.2, 0.25) is 0 Å². The van der Waals surface area contributed by atoms with Crippen LogP contribution in [0.5, 0.6) is 5.75 Å². The van der Waals surface area contributed by atoms with Gasteiger partial charge in [-0.05, 0) is 32.4 Å². The number of nitrogens with one attached hydrogen (secondary N) is 2. The number of esters is 2. The fraction of sp³-hybridized carbons (Fsp3) is 0.464. The molecule has 43 heavy (non-hydrogen) atoms. The standard InChI is InChI=1S/C28H31F4N3O8/c1-5-11(2)22-28(41)42-13(4)20(34-25(38)14-8-6-7-9-17(14)36)26(39)33-16(21(37)12(3)27(40)43-22)10-15-18(29)19(30)24(32)35-23(15)31/h6-9,11-13,16,20-22,36-37H,5,10H2,1-4H3,(H,33,39)(H,34,38). The van der Waals surface area contributed by atoms with Crippen LogP contribution in [-0.2, 0) is 30.3 Å². The summed E-state index contributed by atoms with van der Waals surface area (Å²) < 4.78 is 67.2. The Labute approximate surface area is 243 Å². The molecule has 0 saturated carbocycles. The SMILES string of the molecule is CCC(C)C1OC(=O)C(C)C(O)C(Cc2c(F)nc(F)c(F)c2F)NC(=O)C(NC(=O)c2ccccc2O)C(C)OC1=O. The number of hydrogen-bond acceptors (Lipinski definition) is 9. The van der Waals surface area contributed by atoms with Gasteiger partial charge in [0.2, 0.25) is 23.8 Å². The van der Waals surface area contributed by atoms with Crippen molar-refractivity contribution in [2.75, 3.05) is 0 Å². The van der Waals surface area contributed by atoms with Crippen LogP contribution in [0.4, 0.5) is 17.6 Å². The molecule has 2 aromatic rings. The molecule has 1 fully saturated rings. The van der Waals surface area contributed by atoms with E-state index in [9.17, 15) is 47.0 Å². The summed E-state index contributed by atoms with van der Waals surface area (Å²) in [7, 11) is 0. The third-order valence-electron chi connectivity index (χ3n) is 7.26. The Balaban J connectivity index is 2.08. The van der Waals surface area contributed by atoms with Crippen molar-refractivity contribution in [1.29, 1.82) is 0 Å². The molecule has 11 nitrogen and oxygen atoms in total. The zero-order valence-corrected chi connectivity index (χ0v) is 23.6. The maximum Gasteiger partial charge on any atom is 0.348 e. The van der Waals surface area contributed by atoms with Crippen molar-refractivity contribution in [3.63, 3.8) is 0 Å². The van der Waals surface area contributed by atoms with Gasteiger partial charge in [0.15, 0.2) is 5.82 Å². The lowest BCUT2D eigenvalue weighted by Crippen LogP contribution is -2.59. The van der Waals surface area contributed by atoms with Crippen LogP contribution in [0.3, 0.4) is 0 Å². The minimum absolute atomic E-state index is 0.256. The van der Waals surface area contributed by atoms with E-state index in [1.54, 1.807) is 13.8 Å². The number of aliphatic hydroxyl groups is 1. The topological polar surface area (TPSA) is 164 Å². The third kappa shape index (κ3) is 7.39. The van der Waals surface area contributed by atoms with E-state index in [-0.39, 0.29) is 5.56 Å². The molecule has 0 spiro atoms. The predicted octanol–water partition coefficient (Wildman–Crippen LogP) is 2.07. The molecule has 1 aliphatic rings. The molecule has 0 aliphatic carbocycles. The van der Waals surface area contributed by atoms with E-state index in [0.717, 1.165) is 6.92 Å². The van der Waals surface area contributed by atoms with Crippen molar-refractivity contribution in [2.45, 2.75) is 70.9 Å². The van der Waals surface area contributed by atoms with Gasteiger partial charge in [0.1, 0.15) is 17.9 Å². The highest BCUT2D eigenvalue weighted by molar-refractivity contribution is 6.00. The molecule has 2 amide bonds. The Morgan fingerprint density at radius 1 is 1.05 bits per heavy atom. The zero-order chi connectivity index (χ0) is 32.2. The third-order valence-corrected chi connectivity index (χ3v) is 7.26. The summed E-state index contributed by atoms with van der Waals surface area (Å²) in [6.45, 7) is 5.64. The number of carbonyl (C=O) groups is 4. The molecule has 0 bridgehead atoms. The quantitative estimate of drug-likeness (QED) is 0.217. The number of nitrogens with zero attached hydrogens (tertiary/aromatic N) is 1. The van der Waals surface area contributed by atoms with Gasteiger partial charge in [-0.2, -0.15) is 18.2 Å². The Hall–Kier alpha value is -4.27. The van der Waals surface area contributed by atoms with Gasteiger partial charge < -0.3 is 30.3 Å². The minimum atomic E-state index is -2.11.